The molecule has 0 fully saturated rings. The minimum absolute atomic E-state index is 0.0734. The highest BCUT2D eigenvalue weighted by molar-refractivity contribution is 7.92. The Morgan fingerprint density at radius 1 is 1.30 bits per heavy atom. The summed E-state index contributed by atoms with van der Waals surface area (Å²) in [6, 6.07) is 6.35. The number of carbonyl (C=O) groups is 2. The van der Waals surface area contributed by atoms with Crippen molar-refractivity contribution in [2.45, 2.75) is 19.9 Å². The number of carboxylic acid groups (broad SMARTS) is 1. The summed E-state index contributed by atoms with van der Waals surface area (Å²) in [5.74, 6) is -0.672. The molecular weight excluding hydrogens is 372 g/mol. The van der Waals surface area contributed by atoms with Gasteiger partial charge >= 0.3 is 5.97 Å². The fraction of sp³-hybridized carbons (Fsp3) is 0.333. The Bertz CT molecular complexity index is 1020. The van der Waals surface area contributed by atoms with E-state index in [2.05, 4.69) is 0 Å². The lowest BCUT2D eigenvalue weighted by molar-refractivity contribution is 0.0694. The van der Waals surface area contributed by atoms with E-state index < -0.39 is 16.0 Å². The monoisotopic (exact) mass is 392 g/mol. The second-order valence-electron chi connectivity index (χ2n) is 6.58. The molecule has 2 heterocycles. The molecule has 3 rings (SSSR count). The molecule has 0 bridgehead atoms. The zero-order chi connectivity index (χ0) is 19.9. The van der Waals surface area contributed by atoms with E-state index in [4.69, 9.17) is 9.52 Å². The molecule has 0 saturated carbocycles. The number of rotatable bonds is 5. The molecule has 8 nitrogen and oxygen atoms in total. The highest BCUT2D eigenvalue weighted by Crippen LogP contribution is 2.31. The van der Waals surface area contributed by atoms with Crippen LogP contribution in [0.25, 0.3) is 0 Å². The third-order valence-electron chi connectivity index (χ3n) is 4.52. The van der Waals surface area contributed by atoms with E-state index in [0.717, 1.165) is 11.8 Å². The zero-order valence-corrected chi connectivity index (χ0v) is 16.0. The van der Waals surface area contributed by atoms with Crippen molar-refractivity contribution in [2.24, 2.45) is 0 Å². The Hall–Kier alpha value is -2.81. The Morgan fingerprint density at radius 3 is 2.59 bits per heavy atom. The molecule has 1 N–H and O–H groups in total. The van der Waals surface area contributed by atoms with Gasteiger partial charge in [0.2, 0.25) is 10.0 Å². The summed E-state index contributed by atoms with van der Waals surface area (Å²) in [5, 5.41) is 9.08. The van der Waals surface area contributed by atoms with Crippen molar-refractivity contribution in [2.75, 3.05) is 24.2 Å². The molecule has 1 aromatic heterocycles. The number of aryl methyl sites for hydroxylation is 1. The maximum atomic E-state index is 12.7. The number of aromatic carboxylic acids is 1. The summed E-state index contributed by atoms with van der Waals surface area (Å²) < 4.78 is 30.3. The van der Waals surface area contributed by atoms with Crippen LogP contribution in [-0.4, -0.2) is 50.1 Å². The van der Waals surface area contributed by atoms with Crippen molar-refractivity contribution in [3.63, 3.8) is 0 Å². The number of sulfonamides is 1. The number of carbonyl (C=O) groups excluding carboxylic acids is 1. The van der Waals surface area contributed by atoms with Gasteiger partial charge in [-0.2, -0.15) is 0 Å². The topological polar surface area (TPSA) is 108 Å². The summed E-state index contributed by atoms with van der Waals surface area (Å²) in [6.45, 7) is 2.05. The summed E-state index contributed by atoms with van der Waals surface area (Å²) in [7, 11) is -1.74. The van der Waals surface area contributed by atoms with E-state index in [1.54, 1.807) is 32.2 Å². The van der Waals surface area contributed by atoms with Gasteiger partial charge in [0.05, 0.1) is 18.5 Å². The number of hydrogen-bond donors (Lipinski definition) is 1. The van der Waals surface area contributed by atoms with Crippen LogP contribution in [0.4, 0.5) is 5.69 Å². The average molecular weight is 392 g/mol. The van der Waals surface area contributed by atoms with Gasteiger partial charge in [-0.25, -0.2) is 13.2 Å². The molecule has 0 unspecified atom stereocenters. The minimum Gasteiger partial charge on any atom is -0.478 e. The Kier molecular flexibility index (Phi) is 4.73. The molecule has 0 aliphatic carbocycles. The largest absolute Gasteiger partial charge is 0.478 e. The van der Waals surface area contributed by atoms with Gasteiger partial charge in [0.15, 0.2) is 0 Å². The quantitative estimate of drug-likeness (QED) is 0.832. The van der Waals surface area contributed by atoms with Gasteiger partial charge in [-0.1, -0.05) is 0 Å². The van der Waals surface area contributed by atoms with Crippen LogP contribution >= 0.6 is 0 Å². The lowest BCUT2D eigenvalue weighted by Gasteiger charge is -2.18. The van der Waals surface area contributed by atoms with Gasteiger partial charge in [-0.05, 0) is 43.2 Å². The number of fused-ring (bicyclic) bond motifs is 1. The highest BCUT2D eigenvalue weighted by atomic mass is 32.2. The molecule has 0 radical (unpaired) electrons. The molecule has 27 heavy (non-hydrogen) atoms. The number of benzene rings is 1. The lowest BCUT2D eigenvalue weighted by Crippen LogP contribution is -2.27. The SMILES string of the molecule is Cc1oc(CN(C)C(=O)c2ccc3c(c2)CCN3S(C)(=O)=O)cc1C(=O)O. The van der Waals surface area contributed by atoms with E-state index in [0.29, 0.717) is 30.0 Å². The predicted octanol–water partition coefficient (Wildman–Crippen LogP) is 1.88. The number of nitrogens with zero attached hydrogens (tertiary/aromatic N) is 2. The second-order valence-corrected chi connectivity index (χ2v) is 8.48. The first-order valence-electron chi connectivity index (χ1n) is 8.26. The van der Waals surface area contributed by atoms with Crippen LogP contribution in [0, 0.1) is 6.92 Å². The molecule has 1 aliphatic heterocycles. The van der Waals surface area contributed by atoms with Crippen LogP contribution in [-0.2, 0) is 23.0 Å². The van der Waals surface area contributed by atoms with Crippen molar-refractivity contribution < 1.29 is 27.5 Å². The van der Waals surface area contributed by atoms with Crippen LogP contribution in [0.3, 0.4) is 0 Å². The Labute approximate surface area is 157 Å². The number of furan rings is 1. The maximum absolute atomic E-state index is 12.7. The van der Waals surface area contributed by atoms with E-state index in [-0.39, 0.29) is 23.8 Å². The molecule has 2 aromatic rings. The molecule has 0 atom stereocenters. The van der Waals surface area contributed by atoms with Crippen molar-refractivity contribution in [1.82, 2.24) is 4.90 Å². The average Bonchev–Trinajstić information content (AvgIpc) is 3.16. The van der Waals surface area contributed by atoms with Gasteiger partial charge in [-0.15, -0.1) is 0 Å². The molecule has 144 valence electrons. The van der Waals surface area contributed by atoms with Crippen molar-refractivity contribution in [3.8, 4) is 0 Å². The minimum atomic E-state index is -3.34. The normalized spacial score (nSPS) is 13.5. The third kappa shape index (κ3) is 3.68. The van der Waals surface area contributed by atoms with Crippen LogP contribution in [0.5, 0.6) is 0 Å². The van der Waals surface area contributed by atoms with E-state index in [1.807, 2.05) is 0 Å². The third-order valence-corrected chi connectivity index (χ3v) is 5.70. The lowest BCUT2D eigenvalue weighted by atomic mass is 10.1. The van der Waals surface area contributed by atoms with Gasteiger partial charge < -0.3 is 14.4 Å². The van der Waals surface area contributed by atoms with Crippen LogP contribution in [0.15, 0.2) is 28.7 Å². The number of carboxylic acids is 1. The molecular formula is C18H20N2O6S. The smallest absolute Gasteiger partial charge is 0.339 e. The first-order chi connectivity index (χ1) is 12.6. The zero-order valence-electron chi connectivity index (χ0n) is 15.2. The standard InChI is InChI=1S/C18H20N2O6S/c1-11-15(18(22)23)9-14(26-11)10-19(2)17(21)13-4-5-16-12(8-13)6-7-20(16)27(3,24)25/h4-5,8-9H,6-7,10H2,1-3H3,(H,22,23). The molecule has 0 spiro atoms. The maximum Gasteiger partial charge on any atom is 0.339 e. The molecule has 1 aliphatic rings. The molecule has 9 heteroatoms. The van der Waals surface area contributed by atoms with Crippen molar-refractivity contribution in [3.05, 3.63) is 52.5 Å². The summed E-state index contributed by atoms with van der Waals surface area (Å²) in [5.41, 5.74) is 1.92. The van der Waals surface area contributed by atoms with Gasteiger partial charge in [0.25, 0.3) is 5.91 Å². The van der Waals surface area contributed by atoms with Crippen molar-refractivity contribution >= 4 is 27.6 Å². The van der Waals surface area contributed by atoms with E-state index in [9.17, 15) is 18.0 Å². The highest BCUT2D eigenvalue weighted by Gasteiger charge is 2.27. The Balaban J connectivity index is 1.78. The van der Waals surface area contributed by atoms with Crippen molar-refractivity contribution in [1.29, 1.82) is 0 Å². The van der Waals surface area contributed by atoms with E-state index in [1.165, 1.54) is 15.3 Å². The van der Waals surface area contributed by atoms with Gasteiger partial charge in [-0.3, -0.25) is 9.10 Å². The summed E-state index contributed by atoms with van der Waals surface area (Å²) >= 11 is 0. The molecule has 0 saturated heterocycles. The number of hydrogen-bond acceptors (Lipinski definition) is 5. The Morgan fingerprint density at radius 2 is 2.00 bits per heavy atom. The summed E-state index contributed by atoms with van der Waals surface area (Å²) in [4.78, 5) is 25.2. The first-order valence-corrected chi connectivity index (χ1v) is 10.1. The van der Waals surface area contributed by atoms with Crippen LogP contribution < -0.4 is 4.31 Å². The second kappa shape index (κ2) is 6.73. The number of anilines is 1. The fourth-order valence-electron chi connectivity index (χ4n) is 3.21. The van der Waals surface area contributed by atoms with Gasteiger partial charge in [0, 0.05) is 19.2 Å². The van der Waals surface area contributed by atoms with Gasteiger partial charge in [0.1, 0.15) is 17.1 Å². The fourth-order valence-corrected chi connectivity index (χ4v) is 4.17. The van der Waals surface area contributed by atoms with Crippen LogP contribution in [0.1, 0.15) is 37.8 Å². The first kappa shape index (κ1) is 19.0. The predicted molar refractivity (Wildman–Crippen MR) is 98.5 cm³/mol. The van der Waals surface area contributed by atoms with Crippen LogP contribution in [0.2, 0.25) is 0 Å². The molecule has 1 aromatic carbocycles. The number of amides is 1. The molecule has 1 amide bonds. The summed E-state index contributed by atoms with van der Waals surface area (Å²) in [6.07, 6.45) is 1.71. The van der Waals surface area contributed by atoms with E-state index >= 15 is 0 Å².